The molecule has 0 N–H and O–H groups in total. The van der Waals surface area contributed by atoms with Crippen LogP contribution in [-0.2, 0) is 22.4 Å². The average Bonchev–Trinajstić information content (AvgIpc) is 3.25. The molecule has 0 spiro atoms. The Kier molecular flexibility index (Phi) is 7.65. The van der Waals surface area contributed by atoms with Crippen LogP contribution in [0.5, 0.6) is 5.75 Å². The molecule has 0 bridgehead atoms. The lowest BCUT2D eigenvalue weighted by Crippen LogP contribution is -2.20. The van der Waals surface area contributed by atoms with Gasteiger partial charge in [0.15, 0.2) is 0 Å². The van der Waals surface area contributed by atoms with E-state index in [4.69, 9.17) is 13.9 Å². The molecule has 7 heteroatoms. The highest BCUT2D eigenvalue weighted by molar-refractivity contribution is 5.77. The van der Waals surface area contributed by atoms with Crippen LogP contribution in [0.4, 0.5) is 0 Å². The molecule has 0 aliphatic carbocycles. The van der Waals surface area contributed by atoms with Gasteiger partial charge in [-0.05, 0) is 56.2 Å². The topological polar surface area (TPSA) is 87.3 Å². The molecule has 4 rings (SSSR count). The van der Waals surface area contributed by atoms with Crippen molar-refractivity contribution >= 4 is 5.97 Å². The fourth-order valence-corrected chi connectivity index (χ4v) is 3.60. The highest BCUT2D eigenvalue weighted by Gasteiger charge is 2.25. The van der Waals surface area contributed by atoms with Crippen LogP contribution in [-0.4, -0.2) is 34.1 Å². The first-order chi connectivity index (χ1) is 16.6. The Hall–Kier alpha value is -4.00. The zero-order valence-corrected chi connectivity index (χ0v) is 19.3. The van der Waals surface area contributed by atoms with Crippen LogP contribution in [0, 0.1) is 6.92 Å². The molecular formula is C27H27N3O4. The van der Waals surface area contributed by atoms with Crippen LogP contribution in [0.2, 0.25) is 0 Å². The van der Waals surface area contributed by atoms with Crippen molar-refractivity contribution in [3.63, 3.8) is 0 Å². The minimum atomic E-state index is -0.554. The molecule has 2 aromatic heterocycles. The summed E-state index contributed by atoms with van der Waals surface area (Å²) < 4.78 is 17.0. The molecule has 4 aromatic rings. The van der Waals surface area contributed by atoms with Crippen molar-refractivity contribution in [1.29, 1.82) is 0 Å². The van der Waals surface area contributed by atoms with E-state index in [0.717, 1.165) is 28.3 Å². The lowest BCUT2D eigenvalue weighted by molar-refractivity contribution is -0.145. The van der Waals surface area contributed by atoms with Crippen LogP contribution < -0.4 is 4.74 Å². The molecule has 34 heavy (non-hydrogen) atoms. The quantitative estimate of drug-likeness (QED) is 0.311. The molecule has 1 atom stereocenters. The van der Waals surface area contributed by atoms with Gasteiger partial charge in [0.1, 0.15) is 23.3 Å². The zero-order valence-electron chi connectivity index (χ0n) is 19.3. The van der Waals surface area contributed by atoms with Crippen molar-refractivity contribution in [2.75, 3.05) is 13.2 Å². The Bertz CT molecular complexity index is 1190. The van der Waals surface area contributed by atoms with Gasteiger partial charge in [0.05, 0.1) is 18.9 Å². The third-order valence-electron chi connectivity index (χ3n) is 5.35. The number of carbonyl (C=O) groups excluding carboxylic acids is 1. The van der Waals surface area contributed by atoms with E-state index < -0.39 is 5.92 Å². The largest absolute Gasteiger partial charge is 0.493 e. The van der Waals surface area contributed by atoms with Gasteiger partial charge in [-0.1, -0.05) is 30.3 Å². The second kappa shape index (κ2) is 11.2. The fourth-order valence-electron chi connectivity index (χ4n) is 3.60. The maximum atomic E-state index is 12.5. The summed E-state index contributed by atoms with van der Waals surface area (Å²) in [4.78, 5) is 25.6. The lowest BCUT2D eigenvalue weighted by Gasteiger charge is -2.14. The molecule has 0 saturated heterocycles. The minimum Gasteiger partial charge on any atom is -0.493 e. The van der Waals surface area contributed by atoms with Gasteiger partial charge in [0.2, 0.25) is 5.89 Å². The number of hydrogen-bond donors (Lipinski definition) is 0. The predicted octanol–water partition coefficient (Wildman–Crippen LogP) is 4.95. The SMILES string of the molecule is CCOC(=O)C(Cc1ccc(OCCc2nc(-c3ccccc3)oc2C)cc1)c1ncccn1. The van der Waals surface area contributed by atoms with Gasteiger partial charge in [0.25, 0.3) is 0 Å². The minimum absolute atomic E-state index is 0.312. The molecule has 0 radical (unpaired) electrons. The van der Waals surface area contributed by atoms with Crippen molar-refractivity contribution in [1.82, 2.24) is 15.0 Å². The van der Waals surface area contributed by atoms with Gasteiger partial charge in [0, 0.05) is 24.4 Å². The Morgan fingerprint density at radius 3 is 2.44 bits per heavy atom. The van der Waals surface area contributed by atoms with Gasteiger partial charge in [-0.3, -0.25) is 4.79 Å². The van der Waals surface area contributed by atoms with E-state index in [-0.39, 0.29) is 5.97 Å². The van der Waals surface area contributed by atoms with E-state index in [1.165, 1.54) is 0 Å². The molecule has 2 aromatic carbocycles. The van der Waals surface area contributed by atoms with Crippen LogP contribution >= 0.6 is 0 Å². The summed E-state index contributed by atoms with van der Waals surface area (Å²) in [5.41, 5.74) is 2.81. The number of aryl methyl sites for hydroxylation is 1. The second-order valence-corrected chi connectivity index (χ2v) is 7.75. The van der Waals surface area contributed by atoms with Crippen LogP contribution in [0.3, 0.4) is 0 Å². The zero-order chi connectivity index (χ0) is 23.8. The van der Waals surface area contributed by atoms with Gasteiger partial charge >= 0.3 is 5.97 Å². The second-order valence-electron chi connectivity index (χ2n) is 7.75. The van der Waals surface area contributed by atoms with Crippen LogP contribution in [0.25, 0.3) is 11.5 Å². The number of nitrogens with zero attached hydrogens (tertiary/aromatic N) is 3. The van der Waals surface area contributed by atoms with Crippen LogP contribution in [0.1, 0.15) is 35.7 Å². The first kappa shape index (κ1) is 23.2. The molecule has 1 unspecified atom stereocenters. The summed E-state index contributed by atoms with van der Waals surface area (Å²) in [5.74, 6) is 1.74. The van der Waals surface area contributed by atoms with E-state index in [9.17, 15) is 4.79 Å². The number of aromatic nitrogens is 3. The lowest BCUT2D eigenvalue weighted by atomic mass is 9.98. The number of esters is 1. The molecule has 2 heterocycles. The number of ether oxygens (including phenoxy) is 2. The van der Waals surface area contributed by atoms with E-state index in [1.807, 2.05) is 61.5 Å². The Morgan fingerprint density at radius 1 is 1.00 bits per heavy atom. The summed E-state index contributed by atoms with van der Waals surface area (Å²) >= 11 is 0. The molecule has 174 valence electrons. The fraction of sp³-hybridized carbons (Fsp3) is 0.259. The highest BCUT2D eigenvalue weighted by Crippen LogP contribution is 2.23. The molecule has 0 aliphatic heterocycles. The smallest absolute Gasteiger partial charge is 0.317 e. The van der Waals surface area contributed by atoms with Crippen molar-refractivity contribution in [3.8, 4) is 17.2 Å². The standard InChI is InChI=1S/C27H27N3O4/c1-3-32-27(31)23(25-28-15-7-16-29-25)18-20-10-12-22(13-11-20)33-17-14-24-19(2)34-26(30-24)21-8-5-4-6-9-21/h4-13,15-16,23H,3,14,17-18H2,1-2H3. The molecule has 0 saturated carbocycles. The number of benzene rings is 2. The van der Waals surface area contributed by atoms with Crippen molar-refractivity contribution in [3.05, 3.63) is 95.9 Å². The van der Waals surface area contributed by atoms with Gasteiger partial charge in [-0.25, -0.2) is 15.0 Å². The Balaban J connectivity index is 1.35. The van der Waals surface area contributed by atoms with Gasteiger partial charge in [-0.15, -0.1) is 0 Å². The average molecular weight is 458 g/mol. The first-order valence-corrected chi connectivity index (χ1v) is 11.3. The molecule has 7 nitrogen and oxygen atoms in total. The number of carbonyl (C=O) groups is 1. The monoisotopic (exact) mass is 457 g/mol. The molecule has 0 amide bonds. The molecular weight excluding hydrogens is 430 g/mol. The number of rotatable bonds is 10. The maximum absolute atomic E-state index is 12.5. The van der Waals surface area contributed by atoms with E-state index in [2.05, 4.69) is 15.0 Å². The summed E-state index contributed by atoms with van der Waals surface area (Å²) in [7, 11) is 0. The first-order valence-electron chi connectivity index (χ1n) is 11.3. The highest BCUT2D eigenvalue weighted by atomic mass is 16.5. The Morgan fingerprint density at radius 2 is 1.74 bits per heavy atom. The van der Waals surface area contributed by atoms with Crippen LogP contribution in [0.15, 0.2) is 77.5 Å². The molecule has 0 aliphatic rings. The number of oxazole rings is 1. The van der Waals surface area contributed by atoms with Crippen molar-refractivity contribution in [2.24, 2.45) is 0 Å². The maximum Gasteiger partial charge on any atom is 0.317 e. The predicted molar refractivity (Wildman–Crippen MR) is 127 cm³/mol. The van der Waals surface area contributed by atoms with E-state index in [1.54, 1.807) is 25.4 Å². The van der Waals surface area contributed by atoms with E-state index >= 15 is 0 Å². The summed E-state index contributed by atoms with van der Waals surface area (Å²) in [5, 5.41) is 0. The Labute approximate surface area is 198 Å². The van der Waals surface area contributed by atoms with E-state index in [0.29, 0.717) is 37.8 Å². The summed E-state index contributed by atoms with van der Waals surface area (Å²) in [6.07, 6.45) is 4.35. The van der Waals surface area contributed by atoms with Crippen molar-refractivity contribution in [2.45, 2.75) is 32.6 Å². The third-order valence-corrected chi connectivity index (χ3v) is 5.35. The normalized spacial score (nSPS) is 11.7. The molecule has 0 fully saturated rings. The van der Waals surface area contributed by atoms with Crippen molar-refractivity contribution < 1.29 is 18.7 Å². The van der Waals surface area contributed by atoms with Gasteiger partial charge < -0.3 is 13.9 Å². The third kappa shape index (κ3) is 5.86. The summed E-state index contributed by atoms with van der Waals surface area (Å²) in [6, 6.07) is 19.2. The number of hydrogen-bond acceptors (Lipinski definition) is 7. The summed E-state index contributed by atoms with van der Waals surface area (Å²) in [6.45, 7) is 4.49. The van der Waals surface area contributed by atoms with Gasteiger partial charge in [-0.2, -0.15) is 0 Å².